The third kappa shape index (κ3) is 6.21. The number of nitrogens with zero attached hydrogens (tertiary/aromatic N) is 1. The lowest BCUT2D eigenvalue weighted by Crippen LogP contribution is -2.44. The Morgan fingerprint density at radius 1 is 1.37 bits per heavy atom. The molecule has 19 heavy (non-hydrogen) atoms. The standard InChI is InChI=1S/C15H32N2O2/c1-5-13(2)17(10-12-18-4)9-8-16-14(3)15-7-6-11-19-15/h13-16H,5-12H2,1-4H3. The lowest BCUT2D eigenvalue weighted by atomic mass is 10.1. The Bertz CT molecular complexity index is 220. The molecule has 0 amide bonds. The van der Waals surface area contributed by atoms with Crippen LogP contribution in [-0.4, -0.2) is 63.0 Å². The molecule has 4 heteroatoms. The summed E-state index contributed by atoms with van der Waals surface area (Å²) in [5, 5.41) is 3.60. The highest BCUT2D eigenvalue weighted by atomic mass is 16.5. The lowest BCUT2D eigenvalue weighted by molar-refractivity contribution is 0.0800. The number of hydrogen-bond donors (Lipinski definition) is 1. The van der Waals surface area contributed by atoms with Gasteiger partial charge in [0.25, 0.3) is 0 Å². The molecule has 0 aliphatic carbocycles. The molecule has 1 rings (SSSR count). The van der Waals surface area contributed by atoms with Crippen LogP contribution in [-0.2, 0) is 9.47 Å². The van der Waals surface area contributed by atoms with Gasteiger partial charge in [-0.2, -0.15) is 0 Å². The zero-order valence-electron chi connectivity index (χ0n) is 13.2. The van der Waals surface area contributed by atoms with E-state index in [1.54, 1.807) is 7.11 Å². The normalized spacial score (nSPS) is 22.9. The first kappa shape index (κ1) is 16.9. The van der Waals surface area contributed by atoms with Crippen molar-refractivity contribution in [3.8, 4) is 0 Å². The first-order valence-electron chi connectivity index (χ1n) is 7.77. The van der Waals surface area contributed by atoms with Crippen LogP contribution in [0.15, 0.2) is 0 Å². The summed E-state index contributed by atoms with van der Waals surface area (Å²) in [5.41, 5.74) is 0. The maximum atomic E-state index is 5.71. The van der Waals surface area contributed by atoms with E-state index in [1.807, 2.05) is 0 Å². The molecule has 1 aliphatic rings. The topological polar surface area (TPSA) is 33.7 Å². The van der Waals surface area contributed by atoms with Gasteiger partial charge in [-0.25, -0.2) is 0 Å². The molecule has 0 aromatic carbocycles. The Morgan fingerprint density at radius 3 is 2.74 bits per heavy atom. The molecule has 0 bridgehead atoms. The minimum Gasteiger partial charge on any atom is -0.383 e. The number of rotatable bonds is 10. The van der Waals surface area contributed by atoms with E-state index in [0.717, 1.165) is 32.8 Å². The average molecular weight is 272 g/mol. The van der Waals surface area contributed by atoms with Crippen molar-refractivity contribution in [2.45, 2.75) is 58.2 Å². The average Bonchev–Trinajstić information content (AvgIpc) is 2.95. The molecule has 1 N–H and O–H groups in total. The van der Waals surface area contributed by atoms with Crippen LogP contribution in [0.5, 0.6) is 0 Å². The molecule has 1 saturated heterocycles. The molecular formula is C15H32N2O2. The molecule has 0 aromatic heterocycles. The SMILES string of the molecule is CCC(C)N(CCNC(C)C1CCCO1)CCOC. The van der Waals surface area contributed by atoms with Gasteiger partial charge in [0.15, 0.2) is 0 Å². The van der Waals surface area contributed by atoms with Gasteiger partial charge < -0.3 is 14.8 Å². The highest BCUT2D eigenvalue weighted by molar-refractivity contribution is 4.77. The van der Waals surface area contributed by atoms with Crippen LogP contribution in [0.1, 0.15) is 40.0 Å². The van der Waals surface area contributed by atoms with Crippen molar-refractivity contribution < 1.29 is 9.47 Å². The van der Waals surface area contributed by atoms with Gasteiger partial charge in [-0.05, 0) is 33.1 Å². The van der Waals surface area contributed by atoms with Crippen molar-refractivity contribution >= 4 is 0 Å². The van der Waals surface area contributed by atoms with Crippen LogP contribution >= 0.6 is 0 Å². The predicted molar refractivity (Wildman–Crippen MR) is 79.6 cm³/mol. The Balaban J connectivity index is 2.22. The van der Waals surface area contributed by atoms with Gasteiger partial charge in [0.1, 0.15) is 0 Å². The van der Waals surface area contributed by atoms with Crippen molar-refractivity contribution in [3.63, 3.8) is 0 Å². The first-order chi connectivity index (χ1) is 9.19. The first-order valence-corrected chi connectivity index (χ1v) is 7.77. The molecule has 0 aromatic rings. The van der Waals surface area contributed by atoms with Crippen LogP contribution in [0.3, 0.4) is 0 Å². The summed E-state index contributed by atoms with van der Waals surface area (Å²) in [4.78, 5) is 2.50. The van der Waals surface area contributed by atoms with Crippen molar-refractivity contribution in [2.75, 3.05) is 40.0 Å². The summed E-state index contributed by atoms with van der Waals surface area (Å²) in [6.45, 7) is 11.6. The third-order valence-corrected chi connectivity index (χ3v) is 4.18. The summed E-state index contributed by atoms with van der Waals surface area (Å²) in [5.74, 6) is 0. The lowest BCUT2D eigenvalue weighted by Gasteiger charge is -2.29. The summed E-state index contributed by atoms with van der Waals surface area (Å²) < 4.78 is 10.9. The summed E-state index contributed by atoms with van der Waals surface area (Å²) in [7, 11) is 1.77. The van der Waals surface area contributed by atoms with E-state index in [2.05, 4.69) is 31.0 Å². The van der Waals surface area contributed by atoms with Crippen molar-refractivity contribution in [1.29, 1.82) is 0 Å². The molecule has 4 nitrogen and oxygen atoms in total. The summed E-state index contributed by atoms with van der Waals surface area (Å²) >= 11 is 0. The molecule has 114 valence electrons. The molecule has 3 unspecified atom stereocenters. The van der Waals surface area contributed by atoms with E-state index in [9.17, 15) is 0 Å². The van der Waals surface area contributed by atoms with Crippen LogP contribution < -0.4 is 5.32 Å². The molecule has 1 aliphatic heterocycles. The highest BCUT2D eigenvalue weighted by Crippen LogP contribution is 2.15. The Morgan fingerprint density at radius 2 is 2.16 bits per heavy atom. The summed E-state index contributed by atoms with van der Waals surface area (Å²) in [6.07, 6.45) is 4.01. The molecule has 3 atom stereocenters. The van der Waals surface area contributed by atoms with E-state index in [0.29, 0.717) is 18.2 Å². The van der Waals surface area contributed by atoms with Gasteiger partial charge in [-0.15, -0.1) is 0 Å². The van der Waals surface area contributed by atoms with Crippen LogP contribution in [0.25, 0.3) is 0 Å². The van der Waals surface area contributed by atoms with Crippen molar-refractivity contribution in [3.05, 3.63) is 0 Å². The fourth-order valence-corrected chi connectivity index (χ4v) is 2.58. The van der Waals surface area contributed by atoms with Gasteiger partial charge >= 0.3 is 0 Å². The fourth-order valence-electron chi connectivity index (χ4n) is 2.58. The van der Waals surface area contributed by atoms with Crippen molar-refractivity contribution in [1.82, 2.24) is 10.2 Å². The quantitative estimate of drug-likeness (QED) is 0.658. The molecule has 1 heterocycles. The minimum atomic E-state index is 0.413. The zero-order chi connectivity index (χ0) is 14.1. The van der Waals surface area contributed by atoms with Crippen LogP contribution in [0, 0.1) is 0 Å². The van der Waals surface area contributed by atoms with Gasteiger partial charge in [-0.1, -0.05) is 6.92 Å². The van der Waals surface area contributed by atoms with E-state index < -0.39 is 0 Å². The molecule has 0 saturated carbocycles. The van der Waals surface area contributed by atoms with Gasteiger partial charge in [0.05, 0.1) is 12.7 Å². The van der Waals surface area contributed by atoms with Crippen molar-refractivity contribution in [2.24, 2.45) is 0 Å². The number of nitrogens with one attached hydrogen (secondary N) is 1. The molecule has 0 radical (unpaired) electrons. The largest absolute Gasteiger partial charge is 0.383 e. The van der Waals surface area contributed by atoms with Crippen LogP contribution in [0.2, 0.25) is 0 Å². The van der Waals surface area contributed by atoms with E-state index in [1.165, 1.54) is 19.3 Å². The van der Waals surface area contributed by atoms with E-state index in [-0.39, 0.29) is 0 Å². The second-order valence-corrected chi connectivity index (χ2v) is 5.58. The highest BCUT2D eigenvalue weighted by Gasteiger charge is 2.22. The zero-order valence-corrected chi connectivity index (χ0v) is 13.2. The smallest absolute Gasteiger partial charge is 0.0726 e. The number of methoxy groups -OCH3 is 1. The third-order valence-electron chi connectivity index (χ3n) is 4.18. The van der Waals surface area contributed by atoms with Gasteiger partial charge in [0.2, 0.25) is 0 Å². The van der Waals surface area contributed by atoms with Crippen LogP contribution in [0.4, 0.5) is 0 Å². The minimum absolute atomic E-state index is 0.413. The summed E-state index contributed by atoms with van der Waals surface area (Å²) in [6, 6.07) is 1.08. The molecule has 1 fully saturated rings. The fraction of sp³-hybridized carbons (Fsp3) is 1.00. The van der Waals surface area contributed by atoms with E-state index in [4.69, 9.17) is 9.47 Å². The Hall–Kier alpha value is -0.160. The predicted octanol–water partition coefficient (Wildman–Crippen LogP) is 1.89. The second kappa shape index (κ2) is 9.70. The number of ether oxygens (including phenoxy) is 2. The molecule has 0 spiro atoms. The maximum Gasteiger partial charge on any atom is 0.0726 e. The Kier molecular flexibility index (Phi) is 8.62. The maximum absolute atomic E-state index is 5.71. The number of hydrogen-bond acceptors (Lipinski definition) is 4. The Labute approximate surface area is 118 Å². The monoisotopic (exact) mass is 272 g/mol. The van der Waals surface area contributed by atoms with Gasteiger partial charge in [-0.3, -0.25) is 4.90 Å². The van der Waals surface area contributed by atoms with Gasteiger partial charge in [0, 0.05) is 45.4 Å². The van der Waals surface area contributed by atoms with E-state index >= 15 is 0 Å². The molecular weight excluding hydrogens is 240 g/mol. The second-order valence-electron chi connectivity index (χ2n) is 5.58.